The minimum absolute atomic E-state index is 0.142. The SMILES string of the molecule is CCC(=O)NC(C)CN1CC2CC1CO2. The third kappa shape index (κ3) is 2.49. The summed E-state index contributed by atoms with van der Waals surface area (Å²) >= 11 is 0. The maximum Gasteiger partial charge on any atom is 0.219 e. The number of likely N-dealkylation sites (tertiary alicyclic amines) is 1. The summed E-state index contributed by atoms with van der Waals surface area (Å²) in [5, 5.41) is 2.99. The Morgan fingerprint density at radius 3 is 3.00 bits per heavy atom. The van der Waals surface area contributed by atoms with Crippen molar-refractivity contribution in [2.45, 2.75) is 44.9 Å². The Bertz CT molecular complexity index is 245. The highest BCUT2D eigenvalue weighted by Crippen LogP contribution is 2.27. The molecule has 0 aromatic rings. The van der Waals surface area contributed by atoms with Gasteiger partial charge in [-0.2, -0.15) is 0 Å². The largest absolute Gasteiger partial charge is 0.375 e. The van der Waals surface area contributed by atoms with Crippen LogP contribution in [0.3, 0.4) is 0 Å². The lowest BCUT2D eigenvalue weighted by atomic mass is 10.2. The fraction of sp³-hybridized carbons (Fsp3) is 0.909. The molecular formula is C11H20N2O2. The Morgan fingerprint density at radius 1 is 1.67 bits per heavy atom. The predicted molar refractivity (Wildman–Crippen MR) is 57.6 cm³/mol. The molecule has 0 aliphatic carbocycles. The van der Waals surface area contributed by atoms with Gasteiger partial charge in [0.2, 0.25) is 5.91 Å². The molecule has 1 N–H and O–H groups in total. The second-order valence-corrected chi connectivity index (χ2v) is 4.62. The average Bonchev–Trinajstić information content (AvgIpc) is 2.78. The number of carbonyl (C=O) groups is 1. The van der Waals surface area contributed by atoms with Crippen LogP contribution in [0.4, 0.5) is 0 Å². The van der Waals surface area contributed by atoms with Gasteiger partial charge in [-0.1, -0.05) is 6.92 Å². The molecule has 1 amide bonds. The van der Waals surface area contributed by atoms with E-state index in [0.29, 0.717) is 18.6 Å². The van der Waals surface area contributed by atoms with Crippen LogP contribution in [-0.2, 0) is 9.53 Å². The second-order valence-electron chi connectivity index (χ2n) is 4.62. The molecule has 0 aromatic carbocycles. The number of morpholine rings is 1. The molecule has 2 aliphatic rings. The highest BCUT2D eigenvalue weighted by atomic mass is 16.5. The number of rotatable bonds is 4. The molecule has 2 saturated heterocycles. The maximum absolute atomic E-state index is 11.2. The lowest BCUT2D eigenvalue weighted by Gasteiger charge is -2.29. The third-order valence-electron chi connectivity index (χ3n) is 3.25. The van der Waals surface area contributed by atoms with Gasteiger partial charge in [-0.05, 0) is 13.3 Å². The normalized spacial score (nSPS) is 31.9. The number of carbonyl (C=O) groups excluding carboxylic acids is 1. The summed E-state index contributed by atoms with van der Waals surface area (Å²) in [6.07, 6.45) is 2.19. The molecule has 4 heteroatoms. The molecule has 2 rings (SSSR count). The fourth-order valence-electron chi connectivity index (χ4n) is 2.48. The molecule has 3 atom stereocenters. The van der Waals surface area contributed by atoms with Gasteiger partial charge in [-0.25, -0.2) is 0 Å². The van der Waals surface area contributed by atoms with Crippen LogP contribution in [0.15, 0.2) is 0 Å². The summed E-state index contributed by atoms with van der Waals surface area (Å²) in [4.78, 5) is 13.6. The minimum atomic E-state index is 0.142. The van der Waals surface area contributed by atoms with E-state index in [-0.39, 0.29) is 11.9 Å². The van der Waals surface area contributed by atoms with Gasteiger partial charge in [0.05, 0.1) is 12.7 Å². The van der Waals surface area contributed by atoms with E-state index in [1.165, 1.54) is 6.42 Å². The maximum atomic E-state index is 11.2. The van der Waals surface area contributed by atoms with Crippen LogP contribution in [0.2, 0.25) is 0 Å². The number of hydrogen-bond donors (Lipinski definition) is 1. The van der Waals surface area contributed by atoms with Crippen molar-refractivity contribution in [3.05, 3.63) is 0 Å². The summed E-state index contributed by atoms with van der Waals surface area (Å²) in [7, 11) is 0. The van der Waals surface area contributed by atoms with E-state index in [4.69, 9.17) is 4.74 Å². The quantitative estimate of drug-likeness (QED) is 0.732. The van der Waals surface area contributed by atoms with Crippen molar-refractivity contribution in [2.75, 3.05) is 19.7 Å². The lowest BCUT2D eigenvalue weighted by Crippen LogP contribution is -2.46. The number of amides is 1. The number of nitrogens with zero attached hydrogens (tertiary/aromatic N) is 1. The zero-order valence-corrected chi connectivity index (χ0v) is 9.53. The van der Waals surface area contributed by atoms with Gasteiger partial charge in [0.25, 0.3) is 0 Å². The van der Waals surface area contributed by atoms with Gasteiger partial charge in [0, 0.05) is 31.6 Å². The van der Waals surface area contributed by atoms with Gasteiger partial charge >= 0.3 is 0 Å². The Morgan fingerprint density at radius 2 is 2.47 bits per heavy atom. The highest BCUT2D eigenvalue weighted by Gasteiger charge is 2.39. The standard InChI is InChI=1S/C11H20N2O2/c1-3-11(14)12-8(2)5-13-6-10-4-9(13)7-15-10/h8-10H,3-7H2,1-2H3,(H,12,14). The van der Waals surface area contributed by atoms with Gasteiger partial charge in [-0.3, -0.25) is 9.69 Å². The smallest absolute Gasteiger partial charge is 0.219 e. The predicted octanol–water partition coefficient (Wildman–Crippen LogP) is 0.374. The van der Waals surface area contributed by atoms with E-state index in [1.807, 2.05) is 6.92 Å². The topological polar surface area (TPSA) is 41.6 Å². The average molecular weight is 212 g/mol. The van der Waals surface area contributed by atoms with Crippen LogP contribution in [0.1, 0.15) is 26.7 Å². The molecule has 0 radical (unpaired) electrons. The summed E-state index contributed by atoms with van der Waals surface area (Å²) in [6, 6.07) is 0.841. The Balaban J connectivity index is 1.75. The van der Waals surface area contributed by atoms with Crippen LogP contribution in [0, 0.1) is 0 Å². The van der Waals surface area contributed by atoms with Crippen molar-refractivity contribution in [2.24, 2.45) is 0 Å². The summed E-state index contributed by atoms with van der Waals surface area (Å²) in [5.41, 5.74) is 0. The Kier molecular flexibility index (Phi) is 3.26. The molecule has 86 valence electrons. The number of hydrogen-bond acceptors (Lipinski definition) is 3. The third-order valence-corrected chi connectivity index (χ3v) is 3.25. The van der Waals surface area contributed by atoms with Crippen molar-refractivity contribution < 1.29 is 9.53 Å². The molecule has 2 bridgehead atoms. The molecule has 3 unspecified atom stereocenters. The van der Waals surface area contributed by atoms with E-state index in [9.17, 15) is 4.79 Å². The first-order valence-corrected chi connectivity index (χ1v) is 5.84. The molecule has 4 nitrogen and oxygen atoms in total. The van der Waals surface area contributed by atoms with Crippen LogP contribution >= 0.6 is 0 Å². The molecule has 0 aromatic heterocycles. The first-order chi connectivity index (χ1) is 7.19. The monoisotopic (exact) mass is 212 g/mol. The molecule has 2 aliphatic heterocycles. The fourth-order valence-corrected chi connectivity index (χ4v) is 2.48. The number of nitrogens with one attached hydrogen (secondary N) is 1. The summed E-state index contributed by atoms with van der Waals surface area (Å²) in [5.74, 6) is 0.142. The Hall–Kier alpha value is -0.610. The van der Waals surface area contributed by atoms with Crippen molar-refractivity contribution in [1.82, 2.24) is 10.2 Å². The van der Waals surface area contributed by atoms with E-state index < -0.39 is 0 Å². The van der Waals surface area contributed by atoms with Crippen LogP contribution < -0.4 is 5.32 Å². The molecule has 2 heterocycles. The minimum Gasteiger partial charge on any atom is -0.375 e. The van der Waals surface area contributed by atoms with Crippen molar-refractivity contribution in [1.29, 1.82) is 0 Å². The van der Waals surface area contributed by atoms with E-state index >= 15 is 0 Å². The molecule has 0 spiro atoms. The number of ether oxygens (including phenoxy) is 1. The molecule has 2 fully saturated rings. The molecule has 15 heavy (non-hydrogen) atoms. The summed E-state index contributed by atoms with van der Waals surface area (Å²) < 4.78 is 5.54. The van der Waals surface area contributed by atoms with E-state index in [0.717, 1.165) is 19.7 Å². The van der Waals surface area contributed by atoms with E-state index in [1.54, 1.807) is 0 Å². The number of fused-ring (bicyclic) bond motifs is 2. The van der Waals surface area contributed by atoms with Crippen molar-refractivity contribution >= 4 is 5.91 Å². The zero-order valence-electron chi connectivity index (χ0n) is 9.53. The zero-order chi connectivity index (χ0) is 10.8. The first kappa shape index (κ1) is 10.9. The molecular weight excluding hydrogens is 192 g/mol. The van der Waals surface area contributed by atoms with Gasteiger partial charge in [0.1, 0.15) is 0 Å². The van der Waals surface area contributed by atoms with Crippen molar-refractivity contribution in [3.63, 3.8) is 0 Å². The highest BCUT2D eigenvalue weighted by molar-refractivity contribution is 5.75. The second kappa shape index (κ2) is 4.49. The lowest BCUT2D eigenvalue weighted by molar-refractivity contribution is -0.121. The van der Waals surface area contributed by atoms with Crippen molar-refractivity contribution in [3.8, 4) is 0 Å². The summed E-state index contributed by atoms with van der Waals surface area (Å²) in [6.45, 7) is 6.82. The van der Waals surface area contributed by atoms with Crippen LogP contribution in [0.25, 0.3) is 0 Å². The first-order valence-electron chi connectivity index (χ1n) is 5.84. The Labute approximate surface area is 91.0 Å². The van der Waals surface area contributed by atoms with Gasteiger partial charge < -0.3 is 10.1 Å². The van der Waals surface area contributed by atoms with Crippen LogP contribution in [-0.4, -0.2) is 48.7 Å². The van der Waals surface area contributed by atoms with E-state index in [2.05, 4.69) is 17.1 Å². The van der Waals surface area contributed by atoms with Gasteiger partial charge in [0.15, 0.2) is 0 Å². The molecule has 0 saturated carbocycles. The van der Waals surface area contributed by atoms with Gasteiger partial charge in [-0.15, -0.1) is 0 Å². The van der Waals surface area contributed by atoms with Crippen LogP contribution in [0.5, 0.6) is 0 Å².